The number of hydrogen-bond acceptors (Lipinski definition) is 8. The van der Waals surface area contributed by atoms with Gasteiger partial charge in [0.25, 0.3) is 10.0 Å². The molecule has 8 nitrogen and oxygen atoms in total. The summed E-state index contributed by atoms with van der Waals surface area (Å²) in [6.07, 6.45) is 2.36. The Morgan fingerprint density at radius 3 is 2.66 bits per heavy atom. The van der Waals surface area contributed by atoms with Crippen LogP contribution in [-0.4, -0.2) is 68.1 Å². The predicted octanol–water partition coefficient (Wildman–Crippen LogP) is 3.56. The first-order valence-electron chi connectivity index (χ1n) is 10.6. The van der Waals surface area contributed by atoms with Crippen molar-refractivity contribution >= 4 is 60.0 Å². The van der Waals surface area contributed by atoms with Crippen molar-refractivity contribution in [1.29, 1.82) is 0 Å². The minimum Gasteiger partial charge on any atom is -0.376 e. The van der Waals surface area contributed by atoms with Crippen molar-refractivity contribution < 1.29 is 13.2 Å². The standard InChI is InChI=1S/C21H24BrN5O3S2/c22-18-7-8-19(31-18)32(28,29)27-11-9-26(10-12-27)21-24-17-6-2-1-5-16(17)20(25-21)23-14-15-4-3-13-30-15/h1-2,5-8,15H,3-4,9-14H2,(H,23,24,25). The largest absolute Gasteiger partial charge is 0.376 e. The molecular weight excluding hydrogens is 514 g/mol. The average Bonchev–Trinajstić information content (AvgIpc) is 3.49. The molecule has 32 heavy (non-hydrogen) atoms. The Bertz CT molecular complexity index is 1210. The molecule has 0 spiro atoms. The van der Waals surface area contributed by atoms with Crippen LogP contribution in [0.4, 0.5) is 11.8 Å². The number of ether oxygens (including phenoxy) is 1. The lowest BCUT2D eigenvalue weighted by molar-refractivity contribution is 0.120. The van der Waals surface area contributed by atoms with Gasteiger partial charge in [0.15, 0.2) is 0 Å². The number of nitrogens with one attached hydrogen (secondary N) is 1. The van der Waals surface area contributed by atoms with Gasteiger partial charge in [-0.2, -0.15) is 9.29 Å². The van der Waals surface area contributed by atoms with Crippen LogP contribution in [0.2, 0.25) is 0 Å². The van der Waals surface area contributed by atoms with Gasteiger partial charge in [-0.05, 0) is 53.0 Å². The van der Waals surface area contributed by atoms with Gasteiger partial charge in [0.05, 0.1) is 15.4 Å². The number of para-hydroxylation sites is 1. The van der Waals surface area contributed by atoms with Gasteiger partial charge in [0.1, 0.15) is 10.0 Å². The van der Waals surface area contributed by atoms with Gasteiger partial charge in [0.2, 0.25) is 5.95 Å². The summed E-state index contributed by atoms with van der Waals surface area (Å²) in [5, 5.41) is 4.42. The second kappa shape index (κ2) is 9.22. The number of hydrogen-bond donors (Lipinski definition) is 1. The molecule has 0 radical (unpaired) electrons. The van der Waals surface area contributed by atoms with E-state index < -0.39 is 10.0 Å². The summed E-state index contributed by atoms with van der Waals surface area (Å²) in [6, 6.07) is 11.4. The second-order valence-electron chi connectivity index (χ2n) is 7.85. The summed E-state index contributed by atoms with van der Waals surface area (Å²) >= 11 is 4.58. The number of fused-ring (bicyclic) bond motifs is 1. The van der Waals surface area contributed by atoms with E-state index in [0.29, 0.717) is 42.9 Å². The number of nitrogens with zero attached hydrogens (tertiary/aromatic N) is 4. The molecule has 1 unspecified atom stereocenters. The van der Waals surface area contributed by atoms with Crippen molar-refractivity contribution in [2.24, 2.45) is 0 Å². The number of rotatable bonds is 6. The van der Waals surface area contributed by atoms with Gasteiger partial charge in [-0.1, -0.05) is 12.1 Å². The van der Waals surface area contributed by atoms with Crippen LogP contribution in [-0.2, 0) is 14.8 Å². The van der Waals surface area contributed by atoms with Gasteiger partial charge in [-0.3, -0.25) is 0 Å². The molecule has 4 heterocycles. The Kier molecular flexibility index (Phi) is 6.35. The van der Waals surface area contributed by atoms with Crippen LogP contribution < -0.4 is 10.2 Å². The molecule has 3 aromatic rings. The van der Waals surface area contributed by atoms with E-state index in [2.05, 4.69) is 26.1 Å². The van der Waals surface area contributed by atoms with E-state index in [1.54, 1.807) is 16.4 Å². The van der Waals surface area contributed by atoms with Crippen LogP contribution in [0, 0.1) is 0 Å². The van der Waals surface area contributed by atoms with Crippen molar-refractivity contribution in [2.45, 2.75) is 23.2 Å². The fraction of sp³-hybridized carbons (Fsp3) is 0.429. The van der Waals surface area contributed by atoms with Crippen LogP contribution in [0.3, 0.4) is 0 Å². The Balaban J connectivity index is 1.33. The number of aromatic nitrogens is 2. The van der Waals surface area contributed by atoms with Crippen LogP contribution in [0.15, 0.2) is 44.4 Å². The van der Waals surface area contributed by atoms with Gasteiger partial charge in [-0.15, -0.1) is 11.3 Å². The normalized spacial score (nSPS) is 20.2. The molecule has 0 amide bonds. The molecule has 1 aromatic carbocycles. The quantitative estimate of drug-likeness (QED) is 0.514. The van der Waals surface area contributed by atoms with Gasteiger partial charge >= 0.3 is 0 Å². The summed E-state index contributed by atoms with van der Waals surface area (Å²) in [6.45, 7) is 3.39. The van der Waals surface area contributed by atoms with Crippen molar-refractivity contribution in [3.63, 3.8) is 0 Å². The number of thiophene rings is 1. The highest BCUT2D eigenvalue weighted by Gasteiger charge is 2.30. The van der Waals surface area contributed by atoms with E-state index >= 15 is 0 Å². The zero-order valence-electron chi connectivity index (χ0n) is 17.4. The zero-order valence-corrected chi connectivity index (χ0v) is 20.6. The number of halogens is 1. The maximum atomic E-state index is 12.9. The maximum Gasteiger partial charge on any atom is 0.252 e. The molecule has 2 aliphatic rings. The molecule has 2 aromatic heterocycles. The lowest BCUT2D eigenvalue weighted by Crippen LogP contribution is -2.49. The molecular formula is C21H24BrN5O3S2. The third-order valence-electron chi connectivity index (χ3n) is 5.78. The maximum absolute atomic E-state index is 12.9. The monoisotopic (exact) mass is 537 g/mol. The molecule has 0 bridgehead atoms. The lowest BCUT2D eigenvalue weighted by Gasteiger charge is -2.34. The molecule has 2 aliphatic heterocycles. The number of sulfonamides is 1. The summed E-state index contributed by atoms with van der Waals surface area (Å²) < 4.78 is 34.3. The fourth-order valence-corrected chi connectivity index (χ4v) is 7.63. The zero-order chi connectivity index (χ0) is 22.1. The smallest absolute Gasteiger partial charge is 0.252 e. The topological polar surface area (TPSA) is 87.7 Å². The molecule has 11 heteroatoms. The molecule has 170 valence electrons. The second-order valence-corrected chi connectivity index (χ2v) is 12.5. The average molecular weight is 538 g/mol. The Morgan fingerprint density at radius 1 is 1.12 bits per heavy atom. The molecule has 2 fully saturated rings. The van der Waals surface area contributed by atoms with Crippen molar-refractivity contribution in [1.82, 2.24) is 14.3 Å². The molecule has 0 aliphatic carbocycles. The van der Waals surface area contributed by atoms with Crippen LogP contribution >= 0.6 is 27.3 Å². The van der Waals surface area contributed by atoms with E-state index in [1.807, 2.05) is 24.3 Å². The first kappa shape index (κ1) is 22.0. The minimum absolute atomic E-state index is 0.207. The van der Waals surface area contributed by atoms with Gasteiger partial charge < -0.3 is 15.0 Å². The molecule has 1 N–H and O–H groups in total. The number of anilines is 2. The molecule has 2 saturated heterocycles. The highest BCUT2D eigenvalue weighted by molar-refractivity contribution is 9.11. The van der Waals surface area contributed by atoms with E-state index in [0.717, 1.165) is 40.0 Å². The van der Waals surface area contributed by atoms with Crippen molar-refractivity contribution in [3.8, 4) is 0 Å². The molecule has 1 atom stereocenters. The van der Waals surface area contributed by atoms with Crippen LogP contribution in [0.1, 0.15) is 12.8 Å². The van der Waals surface area contributed by atoms with E-state index in [4.69, 9.17) is 14.7 Å². The highest BCUT2D eigenvalue weighted by Crippen LogP contribution is 2.30. The van der Waals surface area contributed by atoms with Crippen molar-refractivity contribution in [2.75, 3.05) is 49.5 Å². The van der Waals surface area contributed by atoms with Gasteiger partial charge in [-0.25, -0.2) is 13.4 Å². The SMILES string of the molecule is O=S(=O)(c1ccc(Br)s1)N1CCN(c2nc(NCC3CCCO3)c3ccccc3n2)CC1. The Labute approximate surface area is 199 Å². The number of piperazine rings is 1. The number of benzene rings is 1. The van der Waals surface area contributed by atoms with Crippen LogP contribution in [0.5, 0.6) is 0 Å². The summed E-state index contributed by atoms with van der Waals surface area (Å²) in [5.41, 5.74) is 0.867. The highest BCUT2D eigenvalue weighted by atomic mass is 79.9. The summed E-state index contributed by atoms with van der Waals surface area (Å²) in [7, 11) is -3.48. The summed E-state index contributed by atoms with van der Waals surface area (Å²) in [4.78, 5) is 11.6. The van der Waals surface area contributed by atoms with E-state index in [1.165, 1.54) is 11.3 Å². The van der Waals surface area contributed by atoms with Gasteiger partial charge in [0, 0.05) is 44.7 Å². The third-order valence-corrected chi connectivity index (χ3v) is 9.77. The Morgan fingerprint density at radius 2 is 1.94 bits per heavy atom. The van der Waals surface area contributed by atoms with Crippen LogP contribution in [0.25, 0.3) is 10.9 Å². The Hall–Kier alpha value is -1.79. The molecule has 5 rings (SSSR count). The minimum atomic E-state index is -3.48. The van der Waals surface area contributed by atoms with Crippen molar-refractivity contribution in [3.05, 3.63) is 40.2 Å². The fourth-order valence-electron chi connectivity index (χ4n) is 4.05. The predicted molar refractivity (Wildman–Crippen MR) is 130 cm³/mol. The van der Waals surface area contributed by atoms with E-state index in [9.17, 15) is 8.42 Å². The third kappa shape index (κ3) is 4.49. The first-order valence-corrected chi connectivity index (χ1v) is 13.7. The lowest BCUT2D eigenvalue weighted by atomic mass is 10.2. The first-order chi connectivity index (χ1) is 15.5. The van der Waals surface area contributed by atoms with E-state index in [-0.39, 0.29) is 6.10 Å². The molecule has 0 saturated carbocycles. The summed E-state index contributed by atoms with van der Waals surface area (Å²) in [5.74, 6) is 1.41.